The van der Waals surface area contributed by atoms with E-state index >= 15 is 0 Å². The van der Waals surface area contributed by atoms with Gasteiger partial charge in [0.2, 0.25) is 15.9 Å². The SMILES string of the molecule is Cc1nc(-c2cccs2)c(CC(=O)NCc2cccc(NS(=O)(=O)C3CC3)c2)s1. The van der Waals surface area contributed by atoms with E-state index in [2.05, 4.69) is 15.0 Å². The van der Waals surface area contributed by atoms with Crippen LogP contribution in [0.5, 0.6) is 0 Å². The Bertz CT molecular complexity index is 1120. The van der Waals surface area contributed by atoms with E-state index in [-0.39, 0.29) is 17.6 Å². The van der Waals surface area contributed by atoms with Crippen LogP contribution in [-0.4, -0.2) is 24.6 Å². The number of hydrogen-bond acceptors (Lipinski definition) is 6. The van der Waals surface area contributed by atoms with Crippen LogP contribution in [0.25, 0.3) is 10.6 Å². The molecule has 29 heavy (non-hydrogen) atoms. The maximum Gasteiger partial charge on any atom is 0.235 e. The summed E-state index contributed by atoms with van der Waals surface area (Å²) in [4.78, 5) is 19.1. The second kappa shape index (κ2) is 8.25. The molecule has 0 aliphatic heterocycles. The van der Waals surface area contributed by atoms with Crippen LogP contribution in [0.15, 0.2) is 41.8 Å². The topological polar surface area (TPSA) is 88.2 Å². The number of rotatable bonds is 8. The minimum Gasteiger partial charge on any atom is -0.352 e. The molecule has 0 bridgehead atoms. The monoisotopic (exact) mass is 447 g/mol. The Morgan fingerprint density at radius 1 is 1.24 bits per heavy atom. The summed E-state index contributed by atoms with van der Waals surface area (Å²) in [6.45, 7) is 2.28. The van der Waals surface area contributed by atoms with Crippen LogP contribution in [0.4, 0.5) is 5.69 Å². The summed E-state index contributed by atoms with van der Waals surface area (Å²) in [5, 5.41) is 5.58. The van der Waals surface area contributed by atoms with E-state index in [9.17, 15) is 13.2 Å². The van der Waals surface area contributed by atoms with Crippen LogP contribution in [0, 0.1) is 6.92 Å². The maximum atomic E-state index is 12.5. The van der Waals surface area contributed by atoms with E-state index in [1.54, 1.807) is 29.5 Å². The Morgan fingerprint density at radius 3 is 2.79 bits per heavy atom. The molecule has 0 saturated heterocycles. The Morgan fingerprint density at radius 2 is 2.07 bits per heavy atom. The Kier molecular flexibility index (Phi) is 5.71. The molecule has 2 heterocycles. The number of nitrogens with zero attached hydrogens (tertiary/aromatic N) is 1. The van der Waals surface area contributed by atoms with Gasteiger partial charge in [-0.15, -0.1) is 22.7 Å². The van der Waals surface area contributed by atoms with Crippen LogP contribution >= 0.6 is 22.7 Å². The van der Waals surface area contributed by atoms with Gasteiger partial charge in [0.05, 0.1) is 27.2 Å². The fourth-order valence-electron chi connectivity index (χ4n) is 2.97. The molecule has 0 radical (unpaired) electrons. The van der Waals surface area contributed by atoms with Gasteiger partial charge >= 0.3 is 0 Å². The number of benzene rings is 1. The lowest BCUT2D eigenvalue weighted by molar-refractivity contribution is -0.120. The minimum atomic E-state index is -3.29. The molecular formula is C20H21N3O3S3. The fourth-order valence-corrected chi connectivity index (χ4v) is 6.11. The first-order chi connectivity index (χ1) is 13.9. The van der Waals surface area contributed by atoms with Crippen molar-refractivity contribution in [1.29, 1.82) is 0 Å². The largest absolute Gasteiger partial charge is 0.352 e. The van der Waals surface area contributed by atoms with E-state index in [4.69, 9.17) is 0 Å². The van der Waals surface area contributed by atoms with Crippen LogP contribution in [0.3, 0.4) is 0 Å². The number of amides is 1. The molecule has 1 fully saturated rings. The summed E-state index contributed by atoms with van der Waals surface area (Å²) < 4.78 is 26.8. The van der Waals surface area contributed by atoms with Gasteiger partial charge in [-0.05, 0) is 48.9 Å². The van der Waals surface area contributed by atoms with E-state index < -0.39 is 10.0 Å². The van der Waals surface area contributed by atoms with Crippen molar-refractivity contribution in [3.63, 3.8) is 0 Å². The smallest absolute Gasteiger partial charge is 0.235 e. The van der Waals surface area contributed by atoms with Crippen LogP contribution in [-0.2, 0) is 27.8 Å². The lowest BCUT2D eigenvalue weighted by Gasteiger charge is -2.10. The van der Waals surface area contributed by atoms with Crippen molar-refractivity contribution in [3.8, 4) is 10.6 Å². The first kappa shape index (κ1) is 20.1. The van der Waals surface area contributed by atoms with Gasteiger partial charge in [0.15, 0.2) is 0 Å². The fraction of sp³-hybridized carbons (Fsp3) is 0.300. The average Bonchev–Trinajstić information content (AvgIpc) is 3.29. The molecule has 1 aromatic carbocycles. The molecule has 0 atom stereocenters. The van der Waals surface area contributed by atoms with Gasteiger partial charge in [-0.25, -0.2) is 13.4 Å². The minimum absolute atomic E-state index is 0.0876. The summed E-state index contributed by atoms with van der Waals surface area (Å²) in [6, 6.07) is 11.1. The van der Waals surface area contributed by atoms with Crippen molar-refractivity contribution in [2.45, 2.75) is 38.0 Å². The summed E-state index contributed by atoms with van der Waals surface area (Å²) in [5.74, 6) is -0.0876. The summed E-state index contributed by atoms with van der Waals surface area (Å²) in [7, 11) is -3.29. The molecule has 9 heteroatoms. The quantitative estimate of drug-likeness (QED) is 0.547. The van der Waals surface area contributed by atoms with Crippen molar-refractivity contribution in [2.24, 2.45) is 0 Å². The van der Waals surface area contributed by atoms with Gasteiger partial charge in [0.1, 0.15) is 0 Å². The van der Waals surface area contributed by atoms with Crippen LogP contribution in [0.1, 0.15) is 28.3 Å². The molecule has 1 aliphatic carbocycles. The number of aromatic nitrogens is 1. The first-order valence-electron chi connectivity index (χ1n) is 9.28. The number of thiazole rings is 1. The molecule has 0 unspecified atom stereocenters. The summed E-state index contributed by atoms with van der Waals surface area (Å²) in [5.41, 5.74) is 2.25. The zero-order chi connectivity index (χ0) is 20.4. The van der Waals surface area contributed by atoms with E-state index in [1.165, 1.54) is 11.3 Å². The summed E-state index contributed by atoms with van der Waals surface area (Å²) >= 11 is 3.15. The van der Waals surface area contributed by atoms with Gasteiger partial charge in [0.25, 0.3) is 0 Å². The van der Waals surface area contributed by atoms with Crippen molar-refractivity contribution < 1.29 is 13.2 Å². The third kappa shape index (κ3) is 5.04. The molecule has 6 nitrogen and oxygen atoms in total. The van der Waals surface area contributed by atoms with Gasteiger partial charge in [0, 0.05) is 17.1 Å². The van der Waals surface area contributed by atoms with Crippen molar-refractivity contribution in [3.05, 3.63) is 57.2 Å². The molecule has 0 spiro atoms. The molecule has 1 aliphatic rings. The Hall–Kier alpha value is -2.23. The number of aryl methyl sites for hydroxylation is 1. The van der Waals surface area contributed by atoms with Crippen LogP contribution in [0.2, 0.25) is 0 Å². The van der Waals surface area contributed by atoms with Crippen LogP contribution < -0.4 is 10.0 Å². The zero-order valence-electron chi connectivity index (χ0n) is 15.8. The molecule has 152 valence electrons. The highest BCUT2D eigenvalue weighted by molar-refractivity contribution is 7.93. The van der Waals surface area contributed by atoms with E-state index in [1.807, 2.05) is 30.5 Å². The van der Waals surface area contributed by atoms with E-state index in [0.717, 1.165) is 38.9 Å². The highest BCUT2D eigenvalue weighted by atomic mass is 32.2. The normalized spacial score (nSPS) is 14.0. The molecule has 1 saturated carbocycles. The summed E-state index contributed by atoms with van der Waals surface area (Å²) in [6.07, 6.45) is 1.71. The van der Waals surface area contributed by atoms with Crippen molar-refractivity contribution >= 4 is 44.3 Å². The van der Waals surface area contributed by atoms with Gasteiger partial charge in [-0.1, -0.05) is 18.2 Å². The number of carbonyl (C=O) groups is 1. The molecule has 3 aromatic rings. The highest BCUT2D eigenvalue weighted by Crippen LogP contribution is 2.32. The number of hydrogen-bond donors (Lipinski definition) is 2. The third-order valence-corrected chi connectivity index (χ3v) is 8.24. The molecule has 4 rings (SSSR count). The van der Waals surface area contributed by atoms with Gasteiger partial charge < -0.3 is 5.32 Å². The molecule has 2 aromatic heterocycles. The predicted octanol–water partition coefficient (Wildman–Crippen LogP) is 3.94. The van der Waals surface area contributed by atoms with Crippen molar-refractivity contribution in [2.75, 3.05) is 4.72 Å². The second-order valence-corrected chi connectivity index (χ2v) is 11.2. The van der Waals surface area contributed by atoms with Crippen molar-refractivity contribution in [1.82, 2.24) is 10.3 Å². The van der Waals surface area contributed by atoms with E-state index in [0.29, 0.717) is 12.2 Å². The molecular weight excluding hydrogens is 426 g/mol. The second-order valence-electron chi connectivity index (χ2n) is 6.98. The Labute approximate surface area is 178 Å². The van der Waals surface area contributed by atoms with Gasteiger partial charge in [-0.3, -0.25) is 9.52 Å². The standard InChI is InChI=1S/C20H21N3O3S3/c1-13-22-20(17-6-3-9-27-17)18(28-13)11-19(24)21-12-14-4-2-5-15(10-14)23-29(25,26)16-7-8-16/h2-6,9-10,16,23H,7-8,11-12H2,1H3,(H,21,24). The number of carbonyl (C=O) groups excluding carboxylic acids is 1. The Balaban J connectivity index is 1.38. The molecule has 1 amide bonds. The molecule has 2 N–H and O–H groups in total. The number of nitrogens with one attached hydrogen (secondary N) is 2. The predicted molar refractivity (Wildman–Crippen MR) is 118 cm³/mol. The van der Waals surface area contributed by atoms with Gasteiger partial charge in [-0.2, -0.15) is 0 Å². The zero-order valence-corrected chi connectivity index (χ0v) is 18.3. The number of anilines is 1. The lowest BCUT2D eigenvalue weighted by atomic mass is 10.2. The lowest BCUT2D eigenvalue weighted by Crippen LogP contribution is -2.24. The highest BCUT2D eigenvalue weighted by Gasteiger charge is 2.35. The number of sulfonamides is 1. The number of thiophene rings is 1. The first-order valence-corrected chi connectivity index (χ1v) is 12.5. The third-order valence-electron chi connectivity index (χ3n) is 4.52. The maximum absolute atomic E-state index is 12.5. The average molecular weight is 448 g/mol.